The van der Waals surface area contributed by atoms with Crippen LogP contribution in [0.25, 0.3) is 0 Å². The number of nitrogens with zero attached hydrogens (tertiary/aromatic N) is 1. The monoisotopic (exact) mass is 281 g/mol. The molecule has 2 aliphatic rings. The van der Waals surface area contributed by atoms with Gasteiger partial charge in [0.25, 0.3) is 10.0 Å². The first kappa shape index (κ1) is 12.4. The molecule has 0 atom stereocenters. The second kappa shape index (κ2) is 4.50. The van der Waals surface area contributed by atoms with Crippen LogP contribution in [0.3, 0.4) is 0 Å². The van der Waals surface area contributed by atoms with E-state index in [-0.39, 0.29) is 10.9 Å². The molecule has 0 radical (unpaired) electrons. The number of piperidine rings is 1. The van der Waals surface area contributed by atoms with E-state index in [2.05, 4.69) is 10.6 Å². The Bertz CT molecular complexity index is 608. The lowest BCUT2D eigenvalue weighted by Crippen LogP contribution is -2.52. The van der Waals surface area contributed by atoms with Crippen LogP contribution in [0.2, 0.25) is 0 Å². The molecular weight excluding hydrogens is 266 g/mol. The molecule has 0 aromatic heterocycles. The second-order valence-corrected chi connectivity index (χ2v) is 6.49. The Morgan fingerprint density at radius 3 is 2.58 bits per heavy atom. The molecule has 3 rings (SSSR count). The minimum Gasteiger partial charge on any atom is -0.317 e. The highest BCUT2D eigenvalue weighted by molar-refractivity contribution is 7.90. The minimum absolute atomic E-state index is 0.174. The topological polar surface area (TPSA) is 78.5 Å². The highest BCUT2D eigenvalue weighted by Crippen LogP contribution is 2.32. The van der Waals surface area contributed by atoms with Crippen molar-refractivity contribution in [3.05, 3.63) is 24.3 Å². The largest absolute Gasteiger partial charge is 0.336 e. The molecule has 19 heavy (non-hydrogen) atoms. The van der Waals surface area contributed by atoms with Crippen LogP contribution in [0.5, 0.6) is 0 Å². The van der Waals surface area contributed by atoms with Gasteiger partial charge in [-0.1, -0.05) is 12.1 Å². The van der Waals surface area contributed by atoms with E-state index >= 15 is 0 Å². The Kier molecular flexibility index (Phi) is 2.94. The van der Waals surface area contributed by atoms with Crippen molar-refractivity contribution in [3.63, 3.8) is 0 Å². The normalized spacial score (nSPS) is 22.7. The van der Waals surface area contributed by atoms with Crippen LogP contribution < -0.4 is 10.6 Å². The third-order valence-electron chi connectivity index (χ3n) is 3.51. The molecule has 0 unspecified atom stereocenters. The quantitative estimate of drug-likeness (QED) is 0.804. The van der Waals surface area contributed by atoms with Gasteiger partial charge in [0.15, 0.2) is 0 Å². The predicted molar refractivity (Wildman–Crippen MR) is 70.4 cm³/mol. The lowest BCUT2D eigenvalue weighted by molar-refractivity contribution is 0.213. The summed E-state index contributed by atoms with van der Waals surface area (Å²) in [5, 5.41) is 5.81. The molecule has 2 N–H and O–H groups in total. The van der Waals surface area contributed by atoms with E-state index < -0.39 is 16.1 Å². The number of urea groups is 1. The Balaban J connectivity index is 2.04. The van der Waals surface area contributed by atoms with Crippen molar-refractivity contribution in [3.8, 4) is 0 Å². The summed E-state index contributed by atoms with van der Waals surface area (Å²) in [4.78, 5) is 12.3. The van der Waals surface area contributed by atoms with Crippen LogP contribution in [0.1, 0.15) is 12.8 Å². The Morgan fingerprint density at radius 1 is 1.16 bits per heavy atom. The number of carbonyl (C=O) groups excluding carboxylic acids is 1. The molecule has 2 aliphatic heterocycles. The highest BCUT2D eigenvalue weighted by atomic mass is 32.2. The summed E-state index contributed by atoms with van der Waals surface area (Å²) in [7, 11) is -3.74. The van der Waals surface area contributed by atoms with Crippen molar-refractivity contribution in [2.24, 2.45) is 0 Å². The van der Waals surface area contributed by atoms with Gasteiger partial charge in [0.1, 0.15) is 4.90 Å². The van der Waals surface area contributed by atoms with Crippen LogP contribution in [0.4, 0.5) is 10.5 Å². The van der Waals surface area contributed by atoms with Gasteiger partial charge in [0.05, 0.1) is 11.7 Å². The summed E-state index contributed by atoms with van der Waals surface area (Å²) in [6, 6.07) is 5.68. The third-order valence-corrected chi connectivity index (χ3v) is 5.40. The van der Waals surface area contributed by atoms with Gasteiger partial charge in [-0.15, -0.1) is 0 Å². The van der Waals surface area contributed by atoms with Crippen molar-refractivity contribution in [1.82, 2.24) is 9.62 Å². The smallest absolute Gasteiger partial charge is 0.317 e. The van der Waals surface area contributed by atoms with Gasteiger partial charge in [-0.2, -0.15) is 0 Å². The van der Waals surface area contributed by atoms with Crippen LogP contribution >= 0.6 is 0 Å². The molecule has 1 aromatic rings. The maximum absolute atomic E-state index is 12.6. The van der Waals surface area contributed by atoms with E-state index in [0.29, 0.717) is 18.5 Å². The fourth-order valence-electron chi connectivity index (χ4n) is 2.58. The van der Waals surface area contributed by atoms with E-state index in [1.165, 1.54) is 6.07 Å². The standard InChI is InChI=1S/C12H15N3O3S/c16-12-14-10-3-1-2-4-11(10)19(17,18)15(12)9-5-7-13-8-6-9/h1-4,9,13H,5-8H2,(H,14,16). The third kappa shape index (κ3) is 1.98. The molecular formula is C12H15N3O3S. The lowest BCUT2D eigenvalue weighted by Gasteiger charge is -2.36. The Hall–Kier alpha value is -1.60. The highest BCUT2D eigenvalue weighted by Gasteiger charge is 2.41. The van der Waals surface area contributed by atoms with Crippen LogP contribution in [0.15, 0.2) is 29.2 Å². The van der Waals surface area contributed by atoms with E-state index in [0.717, 1.165) is 17.4 Å². The fourth-order valence-corrected chi connectivity index (χ4v) is 4.31. The zero-order valence-corrected chi connectivity index (χ0v) is 11.1. The van der Waals surface area contributed by atoms with Crippen LogP contribution in [0, 0.1) is 0 Å². The number of fused-ring (bicyclic) bond motifs is 1. The molecule has 7 heteroatoms. The minimum atomic E-state index is -3.74. The van der Waals surface area contributed by atoms with Gasteiger partial charge >= 0.3 is 6.03 Å². The van der Waals surface area contributed by atoms with E-state index in [1.54, 1.807) is 18.2 Å². The van der Waals surface area contributed by atoms with Gasteiger partial charge in [0.2, 0.25) is 0 Å². The molecule has 0 bridgehead atoms. The summed E-state index contributed by atoms with van der Waals surface area (Å²) < 4.78 is 26.1. The second-order valence-electron chi connectivity index (χ2n) is 4.71. The van der Waals surface area contributed by atoms with Crippen LogP contribution in [-0.4, -0.2) is 37.9 Å². The maximum Gasteiger partial charge on any atom is 0.336 e. The molecule has 0 aliphatic carbocycles. The zero-order valence-electron chi connectivity index (χ0n) is 10.3. The van der Waals surface area contributed by atoms with E-state index in [9.17, 15) is 13.2 Å². The van der Waals surface area contributed by atoms with Crippen molar-refractivity contribution >= 4 is 21.7 Å². The number of sulfonamides is 1. The summed E-state index contributed by atoms with van der Waals surface area (Å²) in [6.45, 7) is 1.46. The van der Waals surface area contributed by atoms with Crippen molar-refractivity contribution in [1.29, 1.82) is 0 Å². The molecule has 1 saturated heterocycles. The molecule has 6 nitrogen and oxygen atoms in total. The number of para-hydroxylation sites is 1. The molecule has 2 amide bonds. The summed E-state index contributed by atoms with van der Waals surface area (Å²) in [6.07, 6.45) is 1.30. The van der Waals surface area contributed by atoms with E-state index in [1.807, 2.05) is 0 Å². The molecule has 0 spiro atoms. The Labute approximate surface area is 111 Å². The van der Waals surface area contributed by atoms with Crippen LogP contribution in [-0.2, 0) is 10.0 Å². The first-order valence-corrected chi connectivity index (χ1v) is 7.70. The summed E-state index contributed by atoms with van der Waals surface area (Å²) in [5.41, 5.74) is 0.359. The number of hydrogen-bond donors (Lipinski definition) is 2. The van der Waals surface area contributed by atoms with Gasteiger partial charge in [-0.05, 0) is 38.1 Å². The number of benzene rings is 1. The Morgan fingerprint density at radius 2 is 1.84 bits per heavy atom. The van der Waals surface area contributed by atoms with E-state index in [4.69, 9.17) is 0 Å². The van der Waals surface area contributed by atoms with Crippen molar-refractivity contribution in [2.45, 2.75) is 23.8 Å². The summed E-state index contributed by atoms with van der Waals surface area (Å²) >= 11 is 0. The van der Waals surface area contributed by atoms with Crippen molar-refractivity contribution < 1.29 is 13.2 Å². The number of rotatable bonds is 1. The number of carbonyl (C=O) groups is 1. The number of amides is 2. The first-order valence-electron chi connectivity index (χ1n) is 6.26. The molecule has 2 heterocycles. The molecule has 1 aromatic carbocycles. The molecule has 1 fully saturated rings. The molecule has 102 valence electrons. The van der Waals surface area contributed by atoms with Gasteiger partial charge < -0.3 is 10.6 Å². The first-order chi connectivity index (χ1) is 9.10. The SMILES string of the molecule is O=C1Nc2ccccc2S(=O)(=O)N1C1CCNCC1. The zero-order chi connectivity index (χ0) is 13.5. The maximum atomic E-state index is 12.6. The fraction of sp³-hybridized carbons (Fsp3) is 0.417. The number of anilines is 1. The average molecular weight is 281 g/mol. The van der Waals surface area contributed by atoms with Gasteiger partial charge in [-0.3, -0.25) is 0 Å². The molecule has 0 saturated carbocycles. The number of nitrogens with one attached hydrogen (secondary N) is 2. The average Bonchev–Trinajstić information content (AvgIpc) is 2.39. The summed E-state index contributed by atoms with van der Waals surface area (Å²) in [5.74, 6) is 0. The van der Waals surface area contributed by atoms with Gasteiger partial charge in [-0.25, -0.2) is 17.5 Å². The van der Waals surface area contributed by atoms with Gasteiger partial charge in [0, 0.05) is 0 Å². The lowest BCUT2D eigenvalue weighted by atomic mass is 10.1. The predicted octanol–water partition coefficient (Wildman–Crippen LogP) is 0.975. The van der Waals surface area contributed by atoms with Crippen molar-refractivity contribution in [2.75, 3.05) is 18.4 Å². The number of hydrogen-bond acceptors (Lipinski definition) is 4.